The van der Waals surface area contributed by atoms with Crippen LogP contribution in [0, 0.1) is 5.41 Å². The highest BCUT2D eigenvalue weighted by atomic mass is 15.2. The monoisotopic (exact) mass is 166 g/mol. The van der Waals surface area contributed by atoms with Crippen molar-refractivity contribution in [3.63, 3.8) is 0 Å². The van der Waals surface area contributed by atoms with Crippen molar-refractivity contribution < 1.29 is 0 Å². The summed E-state index contributed by atoms with van der Waals surface area (Å²) < 4.78 is 0. The summed E-state index contributed by atoms with van der Waals surface area (Å²) in [6.07, 6.45) is 5.79. The number of amidine groups is 1. The molecule has 1 heterocycles. The molecule has 0 fully saturated rings. The van der Waals surface area contributed by atoms with E-state index in [1.54, 1.807) is 0 Å². The molecule has 0 amide bonds. The van der Waals surface area contributed by atoms with E-state index in [1.807, 2.05) is 6.92 Å². The molecule has 12 heavy (non-hydrogen) atoms. The van der Waals surface area contributed by atoms with Crippen molar-refractivity contribution in [3.8, 4) is 0 Å². The van der Waals surface area contributed by atoms with E-state index < -0.39 is 0 Å². The molecule has 0 spiro atoms. The van der Waals surface area contributed by atoms with Gasteiger partial charge in [-0.2, -0.15) is 0 Å². The van der Waals surface area contributed by atoms with Gasteiger partial charge < -0.3 is 4.90 Å². The van der Waals surface area contributed by atoms with Gasteiger partial charge >= 0.3 is 0 Å². The first-order valence-electron chi connectivity index (χ1n) is 4.66. The highest BCUT2D eigenvalue weighted by molar-refractivity contribution is 5.76. The van der Waals surface area contributed by atoms with Gasteiger partial charge in [-0.3, -0.25) is 5.41 Å². The number of hydrogen-bond donors (Lipinski definition) is 1. The van der Waals surface area contributed by atoms with E-state index in [0.29, 0.717) is 5.84 Å². The Bertz CT molecular complexity index is 194. The van der Waals surface area contributed by atoms with Crippen LogP contribution in [0.1, 0.15) is 33.1 Å². The lowest BCUT2D eigenvalue weighted by atomic mass is 10.1. The normalized spacial score (nSPS) is 23.8. The van der Waals surface area contributed by atoms with Gasteiger partial charge in [0.1, 0.15) is 0 Å². The Morgan fingerprint density at radius 2 is 2.25 bits per heavy atom. The quantitative estimate of drug-likeness (QED) is 0.334. The molecule has 1 N–H and O–H groups in total. The van der Waals surface area contributed by atoms with Crippen LogP contribution in [0.4, 0.5) is 0 Å². The fourth-order valence-corrected chi connectivity index (χ4v) is 1.56. The van der Waals surface area contributed by atoms with Crippen molar-refractivity contribution >= 4 is 5.84 Å². The molecule has 0 radical (unpaired) electrons. The Morgan fingerprint density at radius 1 is 1.50 bits per heavy atom. The summed E-state index contributed by atoms with van der Waals surface area (Å²) in [4.78, 5) is 2.16. The van der Waals surface area contributed by atoms with Crippen LogP contribution >= 0.6 is 0 Å². The Hall–Kier alpha value is -0.790. The van der Waals surface area contributed by atoms with E-state index in [0.717, 1.165) is 19.5 Å². The zero-order valence-corrected chi connectivity index (χ0v) is 8.06. The van der Waals surface area contributed by atoms with Crippen LogP contribution in [-0.4, -0.2) is 23.8 Å². The first-order chi connectivity index (χ1) is 5.70. The molecule has 1 rings (SSSR count). The Kier molecular flexibility index (Phi) is 3.32. The minimum Gasteiger partial charge on any atom is -0.360 e. The zero-order valence-electron chi connectivity index (χ0n) is 8.06. The number of hydrogen-bond acceptors (Lipinski definition) is 1. The molecule has 0 bridgehead atoms. The first kappa shape index (κ1) is 9.30. The molecule has 0 aliphatic carbocycles. The molecule has 1 aliphatic heterocycles. The maximum Gasteiger partial charge on any atom is 0.0925 e. The molecule has 0 atom stereocenters. The van der Waals surface area contributed by atoms with Gasteiger partial charge in [0.15, 0.2) is 0 Å². The van der Waals surface area contributed by atoms with Crippen LogP contribution in [0.2, 0.25) is 0 Å². The fourth-order valence-electron chi connectivity index (χ4n) is 1.56. The van der Waals surface area contributed by atoms with Gasteiger partial charge in [0.25, 0.3) is 0 Å². The summed E-state index contributed by atoms with van der Waals surface area (Å²) in [6.45, 7) is 6.15. The number of allylic oxidation sites excluding steroid dienone is 1. The van der Waals surface area contributed by atoms with E-state index in [-0.39, 0.29) is 0 Å². The average molecular weight is 166 g/mol. The second-order valence-electron chi connectivity index (χ2n) is 3.52. The standard InChI is InChI=1S/C10H18N2/c1-9-5-3-7-12(10(2)11)8-4-6-9/h5,11H,3-4,6-8H2,1-2H3/b9-5-,11-10?. The first-order valence-corrected chi connectivity index (χ1v) is 4.66. The van der Waals surface area contributed by atoms with Gasteiger partial charge in [-0.15, -0.1) is 0 Å². The summed E-state index contributed by atoms with van der Waals surface area (Å²) in [5, 5.41) is 7.51. The number of nitrogens with zero attached hydrogens (tertiary/aromatic N) is 1. The molecule has 0 aromatic carbocycles. The molecule has 0 aromatic heterocycles. The Balaban J connectivity index is 2.48. The number of nitrogens with one attached hydrogen (secondary N) is 1. The maximum atomic E-state index is 7.51. The topological polar surface area (TPSA) is 27.1 Å². The van der Waals surface area contributed by atoms with Crippen molar-refractivity contribution in [1.82, 2.24) is 4.90 Å². The molecule has 68 valence electrons. The maximum absolute atomic E-state index is 7.51. The third-order valence-electron chi connectivity index (χ3n) is 2.37. The van der Waals surface area contributed by atoms with Crippen molar-refractivity contribution in [1.29, 1.82) is 5.41 Å². The summed E-state index contributed by atoms with van der Waals surface area (Å²) >= 11 is 0. The highest BCUT2D eigenvalue weighted by Gasteiger charge is 2.06. The smallest absolute Gasteiger partial charge is 0.0925 e. The van der Waals surface area contributed by atoms with Crippen molar-refractivity contribution in [2.75, 3.05) is 13.1 Å². The Labute approximate surface area is 74.8 Å². The fraction of sp³-hybridized carbons (Fsp3) is 0.700. The second kappa shape index (κ2) is 4.29. The van der Waals surface area contributed by atoms with Crippen molar-refractivity contribution in [2.45, 2.75) is 33.1 Å². The van der Waals surface area contributed by atoms with E-state index in [9.17, 15) is 0 Å². The summed E-state index contributed by atoms with van der Waals surface area (Å²) in [5.41, 5.74) is 1.51. The van der Waals surface area contributed by atoms with Crippen LogP contribution in [-0.2, 0) is 0 Å². The summed E-state index contributed by atoms with van der Waals surface area (Å²) in [5.74, 6) is 0.711. The molecule has 0 unspecified atom stereocenters. The SMILES string of the molecule is CC(=N)N1CC/C=C(/C)CCC1. The summed E-state index contributed by atoms with van der Waals surface area (Å²) in [7, 11) is 0. The third kappa shape index (κ3) is 2.68. The van der Waals surface area contributed by atoms with E-state index in [2.05, 4.69) is 17.9 Å². The molecule has 1 aliphatic rings. The van der Waals surface area contributed by atoms with Gasteiger partial charge in [-0.1, -0.05) is 11.6 Å². The van der Waals surface area contributed by atoms with Gasteiger partial charge in [-0.25, -0.2) is 0 Å². The lowest BCUT2D eigenvalue weighted by molar-refractivity contribution is 0.405. The molecule has 2 heteroatoms. The van der Waals surface area contributed by atoms with Crippen molar-refractivity contribution in [2.24, 2.45) is 0 Å². The largest absolute Gasteiger partial charge is 0.360 e. The van der Waals surface area contributed by atoms with E-state index in [4.69, 9.17) is 5.41 Å². The van der Waals surface area contributed by atoms with Gasteiger partial charge in [0.05, 0.1) is 5.84 Å². The van der Waals surface area contributed by atoms with Crippen molar-refractivity contribution in [3.05, 3.63) is 11.6 Å². The van der Waals surface area contributed by atoms with E-state index >= 15 is 0 Å². The number of rotatable bonds is 0. The molecular weight excluding hydrogens is 148 g/mol. The molecule has 0 saturated heterocycles. The predicted molar refractivity (Wildman–Crippen MR) is 52.6 cm³/mol. The van der Waals surface area contributed by atoms with Gasteiger partial charge in [0, 0.05) is 13.1 Å². The average Bonchev–Trinajstić information content (AvgIpc) is 1.95. The highest BCUT2D eigenvalue weighted by Crippen LogP contribution is 2.10. The molecule has 0 saturated carbocycles. The zero-order chi connectivity index (χ0) is 8.97. The van der Waals surface area contributed by atoms with Crippen LogP contribution in [0.5, 0.6) is 0 Å². The Morgan fingerprint density at radius 3 is 2.92 bits per heavy atom. The minimum absolute atomic E-state index is 0.711. The molecule has 0 aromatic rings. The molecular formula is C10H18N2. The van der Waals surface area contributed by atoms with E-state index in [1.165, 1.54) is 18.4 Å². The van der Waals surface area contributed by atoms with Crippen LogP contribution in [0.25, 0.3) is 0 Å². The van der Waals surface area contributed by atoms with Gasteiger partial charge in [-0.05, 0) is 33.1 Å². The predicted octanol–water partition coefficient (Wildman–Crippen LogP) is 2.42. The minimum atomic E-state index is 0.711. The lowest BCUT2D eigenvalue weighted by Gasteiger charge is -2.24. The van der Waals surface area contributed by atoms with Gasteiger partial charge in [0.2, 0.25) is 0 Å². The van der Waals surface area contributed by atoms with Crippen LogP contribution in [0.3, 0.4) is 0 Å². The summed E-state index contributed by atoms with van der Waals surface area (Å²) in [6, 6.07) is 0. The second-order valence-corrected chi connectivity index (χ2v) is 3.52. The molecule has 2 nitrogen and oxygen atoms in total. The third-order valence-corrected chi connectivity index (χ3v) is 2.37. The lowest BCUT2D eigenvalue weighted by Crippen LogP contribution is -2.30. The van der Waals surface area contributed by atoms with Crippen LogP contribution in [0.15, 0.2) is 11.6 Å². The van der Waals surface area contributed by atoms with Crippen LogP contribution < -0.4 is 0 Å².